The molecule has 100 valence electrons. The Labute approximate surface area is 108 Å². The summed E-state index contributed by atoms with van der Waals surface area (Å²) in [6.45, 7) is 7.89. The molecule has 0 aliphatic heterocycles. The van der Waals surface area contributed by atoms with Crippen LogP contribution in [0.25, 0.3) is 0 Å². The van der Waals surface area contributed by atoms with E-state index < -0.39 is 11.7 Å². The Bertz CT molecular complexity index is 425. The van der Waals surface area contributed by atoms with Gasteiger partial charge in [0.15, 0.2) is 0 Å². The molecule has 1 aromatic rings. The minimum atomic E-state index is -0.519. The number of anilines is 1. The first-order valence-electron chi connectivity index (χ1n) is 6.04. The molecule has 1 amide bonds. The van der Waals surface area contributed by atoms with E-state index >= 15 is 0 Å². The molecule has 1 aromatic heterocycles. The molecule has 0 unspecified atom stereocenters. The normalized spacial score (nSPS) is 11.2. The zero-order chi connectivity index (χ0) is 13.8. The lowest BCUT2D eigenvalue weighted by atomic mass is 10.1. The van der Waals surface area contributed by atoms with Gasteiger partial charge in [-0.05, 0) is 38.8 Å². The van der Waals surface area contributed by atoms with Gasteiger partial charge in [0.25, 0.3) is 0 Å². The van der Waals surface area contributed by atoms with Crippen molar-refractivity contribution in [2.75, 3.05) is 5.32 Å². The maximum absolute atomic E-state index is 11.6. The highest BCUT2D eigenvalue weighted by molar-refractivity contribution is 5.83. The molecule has 5 heteroatoms. The Morgan fingerprint density at radius 3 is 2.61 bits per heavy atom. The minimum Gasteiger partial charge on any atom is -0.444 e. The molecule has 0 spiro atoms. The second kappa shape index (κ2) is 5.82. The van der Waals surface area contributed by atoms with Gasteiger partial charge in [-0.3, -0.25) is 5.32 Å². The van der Waals surface area contributed by atoms with Crippen LogP contribution in [-0.2, 0) is 17.7 Å². The second-order valence-electron chi connectivity index (χ2n) is 4.99. The minimum absolute atomic E-state index is 0.447. The third kappa shape index (κ3) is 4.33. The molecule has 0 aliphatic carbocycles. The number of nitrogens with zero attached hydrogens (tertiary/aromatic N) is 1. The molecule has 0 radical (unpaired) electrons. The number of rotatable bonds is 3. The van der Waals surface area contributed by atoms with Gasteiger partial charge in [0.2, 0.25) is 0 Å². The molecule has 0 saturated carbocycles. The molecule has 1 heterocycles. The summed E-state index contributed by atoms with van der Waals surface area (Å²) in [4.78, 5) is 15.9. The smallest absolute Gasteiger partial charge is 0.413 e. The van der Waals surface area contributed by atoms with Gasteiger partial charge in [-0.1, -0.05) is 13.0 Å². The van der Waals surface area contributed by atoms with Crippen LogP contribution in [-0.4, -0.2) is 16.7 Å². The summed E-state index contributed by atoms with van der Waals surface area (Å²) >= 11 is 0. The molecular formula is C13H21N3O2. The fraction of sp³-hybridized carbons (Fsp3) is 0.538. The van der Waals surface area contributed by atoms with E-state index in [2.05, 4.69) is 10.3 Å². The average Bonchev–Trinajstić information content (AvgIpc) is 2.26. The Morgan fingerprint density at radius 1 is 1.44 bits per heavy atom. The van der Waals surface area contributed by atoms with E-state index in [9.17, 15) is 4.79 Å². The van der Waals surface area contributed by atoms with Crippen molar-refractivity contribution in [3.8, 4) is 0 Å². The number of hydrogen-bond acceptors (Lipinski definition) is 4. The maximum atomic E-state index is 11.6. The van der Waals surface area contributed by atoms with Gasteiger partial charge in [0, 0.05) is 12.2 Å². The van der Waals surface area contributed by atoms with Crippen LogP contribution in [0.4, 0.5) is 10.6 Å². The topological polar surface area (TPSA) is 77.2 Å². The number of carbonyl (C=O) groups is 1. The summed E-state index contributed by atoms with van der Waals surface area (Å²) in [5.41, 5.74) is 6.98. The lowest BCUT2D eigenvalue weighted by Gasteiger charge is -2.19. The van der Waals surface area contributed by atoms with Gasteiger partial charge in [0.05, 0.1) is 0 Å². The first kappa shape index (κ1) is 14.4. The standard InChI is InChI=1S/C13H21N3O2/c1-5-10-9(8-14)6-7-11(15-10)16-12(17)18-13(2,3)4/h6-7H,5,8,14H2,1-4H3,(H,15,16,17). The summed E-state index contributed by atoms with van der Waals surface area (Å²) in [5.74, 6) is 0.485. The molecule has 5 nitrogen and oxygen atoms in total. The van der Waals surface area contributed by atoms with Crippen LogP contribution in [0.1, 0.15) is 39.0 Å². The van der Waals surface area contributed by atoms with E-state index in [0.29, 0.717) is 12.4 Å². The van der Waals surface area contributed by atoms with E-state index in [1.807, 2.05) is 33.8 Å². The largest absolute Gasteiger partial charge is 0.444 e. The average molecular weight is 251 g/mol. The third-order valence-corrected chi connectivity index (χ3v) is 2.25. The molecule has 0 bridgehead atoms. The van der Waals surface area contributed by atoms with Crippen molar-refractivity contribution in [1.29, 1.82) is 0 Å². The Hall–Kier alpha value is -1.62. The fourth-order valence-corrected chi connectivity index (χ4v) is 1.50. The van der Waals surface area contributed by atoms with Gasteiger partial charge >= 0.3 is 6.09 Å². The fourth-order valence-electron chi connectivity index (χ4n) is 1.50. The van der Waals surface area contributed by atoms with E-state index in [1.54, 1.807) is 6.07 Å². The number of hydrogen-bond donors (Lipinski definition) is 2. The van der Waals surface area contributed by atoms with Crippen molar-refractivity contribution in [3.05, 3.63) is 23.4 Å². The molecule has 0 fully saturated rings. The van der Waals surface area contributed by atoms with Crippen LogP contribution in [0.3, 0.4) is 0 Å². The van der Waals surface area contributed by atoms with Crippen molar-refractivity contribution in [2.24, 2.45) is 5.73 Å². The van der Waals surface area contributed by atoms with Gasteiger partial charge in [-0.15, -0.1) is 0 Å². The lowest BCUT2D eigenvalue weighted by molar-refractivity contribution is 0.0635. The molecule has 1 rings (SSSR count). The molecule has 0 aromatic carbocycles. The van der Waals surface area contributed by atoms with E-state index in [-0.39, 0.29) is 0 Å². The van der Waals surface area contributed by atoms with E-state index in [1.165, 1.54) is 0 Å². The van der Waals surface area contributed by atoms with Crippen LogP contribution in [0.15, 0.2) is 12.1 Å². The van der Waals surface area contributed by atoms with E-state index in [4.69, 9.17) is 10.5 Å². The monoisotopic (exact) mass is 251 g/mol. The van der Waals surface area contributed by atoms with Crippen molar-refractivity contribution in [2.45, 2.75) is 46.3 Å². The summed E-state index contributed by atoms with van der Waals surface area (Å²) < 4.78 is 5.16. The molecule has 18 heavy (non-hydrogen) atoms. The quantitative estimate of drug-likeness (QED) is 0.865. The molecular weight excluding hydrogens is 230 g/mol. The van der Waals surface area contributed by atoms with Crippen LogP contribution in [0, 0.1) is 0 Å². The van der Waals surface area contributed by atoms with Crippen LogP contribution in [0.2, 0.25) is 0 Å². The summed E-state index contributed by atoms with van der Waals surface area (Å²) in [5, 5.41) is 2.61. The highest BCUT2D eigenvalue weighted by atomic mass is 16.6. The third-order valence-electron chi connectivity index (χ3n) is 2.25. The van der Waals surface area contributed by atoms with Crippen LogP contribution < -0.4 is 11.1 Å². The first-order valence-corrected chi connectivity index (χ1v) is 6.04. The van der Waals surface area contributed by atoms with Crippen molar-refractivity contribution >= 4 is 11.9 Å². The summed E-state index contributed by atoms with van der Waals surface area (Å²) in [6.07, 6.45) is 0.272. The number of amides is 1. The van der Waals surface area contributed by atoms with Crippen molar-refractivity contribution in [1.82, 2.24) is 4.98 Å². The van der Waals surface area contributed by atoms with Crippen molar-refractivity contribution < 1.29 is 9.53 Å². The lowest BCUT2D eigenvalue weighted by Crippen LogP contribution is -2.27. The number of aryl methyl sites for hydroxylation is 1. The van der Waals surface area contributed by atoms with Gasteiger partial charge in [0.1, 0.15) is 11.4 Å². The number of carbonyl (C=O) groups excluding carboxylic acids is 1. The predicted molar refractivity (Wildman–Crippen MR) is 71.4 cm³/mol. The SMILES string of the molecule is CCc1nc(NC(=O)OC(C)(C)C)ccc1CN. The van der Waals surface area contributed by atoms with Gasteiger partial charge < -0.3 is 10.5 Å². The summed E-state index contributed by atoms with van der Waals surface area (Å²) in [6, 6.07) is 3.60. The van der Waals surface area contributed by atoms with Gasteiger partial charge in [-0.25, -0.2) is 9.78 Å². The highest BCUT2D eigenvalue weighted by Gasteiger charge is 2.16. The Balaban J connectivity index is 2.76. The highest BCUT2D eigenvalue weighted by Crippen LogP contribution is 2.13. The molecule has 0 atom stereocenters. The molecule has 0 aliphatic rings. The van der Waals surface area contributed by atoms with Gasteiger partial charge in [-0.2, -0.15) is 0 Å². The van der Waals surface area contributed by atoms with Crippen LogP contribution in [0.5, 0.6) is 0 Å². The first-order chi connectivity index (χ1) is 8.35. The zero-order valence-corrected chi connectivity index (χ0v) is 11.4. The van der Waals surface area contributed by atoms with Crippen molar-refractivity contribution in [3.63, 3.8) is 0 Å². The number of ether oxygens (including phenoxy) is 1. The summed E-state index contributed by atoms with van der Waals surface area (Å²) in [7, 11) is 0. The number of nitrogens with one attached hydrogen (secondary N) is 1. The molecule has 0 saturated heterocycles. The van der Waals surface area contributed by atoms with Crippen LogP contribution >= 0.6 is 0 Å². The molecule has 3 N–H and O–H groups in total. The number of pyridine rings is 1. The zero-order valence-electron chi connectivity index (χ0n) is 11.4. The van der Waals surface area contributed by atoms with E-state index in [0.717, 1.165) is 17.7 Å². The number of aromatic nitrogens is 1. The predicted octanol–water partition coefficient (Wildman–Crippen LogP) is 2.45. The Morgan fingerprint density at radius 2 is 2.11 bits per heavy atom. The second-order valence-corrected chi connectivity index (χ2v) is 4.99. The number of nitrogens with two attached hydrogens (primary N) is 1. The Kier molecular flexibility index (Phi) is 4.67. The maximum Gasteiger partial charge on any atom is 0.413 e.